The van der Waals surface area contributed by atoms with Gasteiger partial charge < -0.3 is 4.74 Å². The summed E-state index contributed by atoms with van der Waals surface area (Å²) >= 11 is 5.10. The number of thiocarbonyl (C=S) groups is 1. The molecular formula is C28H23N3O3S. The number of nitrogens with one attached hydrogen (secondary N) is 3. The van der Waals surface area contributed by atoms with Crippen molar-refractivity contribution in [3.8, 4) is 5.75 Å². The van der Waals surface area contributed by atoms with E-state index in [2.05, 4.69) is 16.2 Å². The zero-order valence-corrected chi connectivity index (χ0v) is 19.5. The van der Waals surface area contributed by atoms with Gasteiger partial charge in [0.25, 0.3) is 5.91 Å². The number of rotatable bonds is 6. The minimum absolute atomic E-state index is 0.0197. The van der Waals surface area contributed by atoms with Crippen LogP contribution in [0, 0.1) is 0 Å². The summed E-state index contributed by atoms with van der Waals surface area (Å²) in [5.74, 6) is -0.161. The fourth-order valence-corrected chi connectivity index (χ4v) is 3.53. The van der Waals surface area contributed by atoms with E-state index in [0.29, 0.717) is 17.9 Å². The molecule has 0 bridgehead atoms. The summed E-state index contributed by atoms with van der Waals surface area (Å²) in [5, 5.41) is 4.62. The van der Waals surface area contributed by atoms with Crippen LogP contribution in [0.1, 0.15) is 21.5 Å². The smallest absolute Gasteiger partial charge is 0.269 e. The Morgan fingerprint density at radius 3 is 2.31 bits per heavy atom. The quantitative estimate of drug-likeness (QED) is 0.210. The predicted octanol–water partition coefficient (Wildman–Crippen LogP) is 4.77. The van der Waals surface area contributed by atoms with E-state index in [1.807, 2.05) is 72.8 Å². The lowest BCUT2D eigenvalue weighted by Gasteiger charge is -2.10. The molecule has 4 aromatic carbocycles. The number of benzene rings is 4. The average Bonchev–Trinajstić information content (AvgIpc) is 2.90. The van der Waals surface area contributed by atoms with Gasteiger partial charge in [-0.2, -0.15) is 0 Å². The molecule has 0 aliphatic rings. The standard InChI is InChI=1S/C28H23N3O3S/c32-26(18-15-22-11-6-10-21-9-4-5-12-25(21)22)29-28(35)31-30-27(33)23-13-16-24(17-14-23)34-19-20-7-2-1-3-8-20/h1-18H,19H2,(H,30,33)(H2,29,31,32,35)/b18-15+. The van der Waals surface area contributed by atoms with E-state index in [1.54, 1.807) is 30.3 Å². The number of hydrogen-bond donors (Lipinski definition) is 3. The van der Waals surface area contributed by atoms with Gasteiger partial charge in [0.2, 0.25) is 5.91 Å². The third kappa shape index (κ3) is 6.75. The van der Waals surface area contributed by atoms with E-state index < -0.39 is 11.8 Å². The SMILES string of the molecule is O=C(/C=C/c1cccc2ccccc12)NC(=S)NNC(=O)c1ccc(OCc2ccccc2)cc1. The van der Waals surface area contributed by atoms with Crippen molar-refractivity contribution in [3.63, 3.8) is 0 Å². The molecule has 6 nitrogen and oxygen atoms in total. The molecule has 0 saturated carbocycles. The molecule has 0 heterocycles. The van der Waals surface area contributed by atoms with Gasteiger partial charge in [-0.05, 0) is 64.5 Å². The van der Waals surface area contributed by atoms with Gasteiger partial charge in [-0.25, -0.2) is 0 Å². The molecule has 0 fully saturated rings. The molecule has 0 unspecified atom stereocenters. The van der Waals surface area contributed by atoms with Crippen molar-refractivity contribution < 1.29 is 14.3 Å². The number of carbonyl (C=O) groups excluding carboxylic acids is 2. The van der Waals surface area contributed by atoms with Crippen molar-refractivity contribution in [1.29, 1.82) is 0 Å². The van der Waals surface area contributed by atoms with Crippen LogP contribution in [0.25, 0.3) is 16.8 Å². The van der Waals surface area contributed by atoms with Crippen LogP contribution in [-0.2, 0) is 11.4 Å². The van der Waals surface area contributed by atoms with E-state index in [9.17, 15) is 9.59 Å². The average molecular weight is 482 g/mol. The van der Waals surface area contributed by atoms with Crippen LogP contribution >= 0.6 is 12.2 Å². The molecule has 4 rings (SSSR count). The molecule has 0 aliphatic carbocycles. The summed E-state index contributed by atoms with van der Waals surface area (Å²) in [6, 6.07) is 30.3. The monoisotopic (exact) mass is 481 g/mol. The third-order valence-electron chi connectivity index (χ3n) is 5.13. The molecule has 4 aromatic rings. The van der Waals surface area contributed by atoms with Gasteiger partial charge in [-0.1, -0.05) is 72.8 Å². The lowest BCUT2D eigenvalue weighted by Crippen LogP contribution is -2.48. The van der Waals surface area contributed by atoms with E-state index >= 15 is 0 Å². The summed E-state index contributed by atoms with van der Waals surface area (Å²) in [7, 11) is 0. The first-order valence-corrected chi connectivity index (χ1v) is 11.3. The maximum absolute atomic E-state index is 12.4. The second kappa shape index (κ2) is 11.6. The molecule has 174 valence electrons. The highest BCUT2D eigenvalue weighted by Gasteiger charge is 2.07. The van der Waals surface area contributed by atoms with Crippen LogP contribution in [0.3, 0.4) is 0 Å². The van der Waals surface area contributed by atoms with Gasteiger partial charge in [0, 0.05) is 11.6 Å². The van der Waals surface area contributed by atoms with Crippen LogP contribution in [0.5, 0.6) is 5.75 Å². The zero-order chi connectivity index (χ0) is 24.5. The largest absolute Gasteiger partial charge is 0.489 e. The molecule has 0 radical (unpaired) electrons. The number of amides is 2. The highest BCUT2D eigenvalue weighted by atomic mass is 32.1. The van der Waals surface area contributed by atoms with Crippen molar-refractivity contribution in [2.45, 2.75) is 6.61 Å². The maximum atomic E-state index is 12.4. The summed E-state index contributed by atoms with van der Waals surface area (Å²) in [4.78, 5) is 24.6. The van der Waals surface area contributed by atoms with Crippen LogP contribution < -0.4 is 20.9 Å². The molecule has 0 aliphatic heterocycles. The minimum atomic E-state index is -0.412. The molecule has 0 spiro atoms. The van der Waals surface area contributed by atoms with Crippen LogP contribution in [0.15, 0.2) is 103 Å². The van der Waals surface area contributed by atoms with Crippen LogP contribution in [0.2, 0.25) is 0 Å². The number of fused-ring (bicyclic) bond motifs is 1. The van der Waals surface area contributed by atoms with Crippen LogP contribution in [0.4, 0.5) is 0 Å². The van der Waals surface area contributed by atoms with Crippen molar-refractivity contribution in [2.75, 3.05) is 0 Å². The van der Waals surface area contributed by atoms with Gasteiger partial charge in [0.15, 0.2) is 5.11 Å². The summed E-state index contributed by atoms with van der Waals surface area (Å²) in [5.41, 5.74) is 7.39. The number of ether oxygens (including phenoxy) is 1. The van der Waals surface area contributed by atoms with Crippen molar-refractivity contribution >= 4 is 46.0 Å². The second-order valence-electron chi connectivity index (χ2n) is 7.60. The summed E-state index contributed by atoms with van der Waals surface area (Å²) in [6.07, 6.45) is 3.12. The molecule has 0 saturated heterocycles. The third-order valence-corrected chi connectivity index (χ3v) is 5.33. The summed E-state index contributed by atoms with van der Waals surface area (Å²) in [6.45, 7) is 0.441. The lowest BCUT2D eigenvalue weighted by molar-refractivity contribution is -0.115. The maximum Gasteiger partial charge on any atom is 0.269 e. The Labute approximate surface area is 208 Å². The Kier molecular flexibility index (Phi) is 7.83. The van der Waals surface area contributed by atoms with E-state index in [0.717, 1.165) is 21.9 Å². The summed E-state index contributed by atoms with van der Waals surface area (Å²) < 4.78 is 5.73. The Morgan fingerprint density at radius 2 is 1.51 bits per heavy atom. The number of carbonyl (C=O) groups is 2. The fourth-order valence-electron chi connectivity index (χ4n) is 3.38. The van der Waals surface area contributed by atoms with Gasteiger partial charge >= 0.3 is 0 Å². The molecular weight excluding hydrogens is 458 g/mol. The van der Waals surface area contributed by atoms with Gasteiger partial charge in [0.05, 0.1) is 0 Å². The fraction of sp³-hybridized carbons (Fsp3) is 0.0357. The second-order valence-corrected chi connectivity index (χ2v) is 8.01. The van der Waals surface area contributed by atoms with Crippen molar-refractivity contribution in [2.24, 2.45) is 0 Å². The first-order chi connectivity index (χ1) is 17.1. The molecule has 0 atom stereocenters. The van der Waals surface area contributed by atoms with Crippen LogP contribution in [-0.4, -0.2) is 16.9 Å². The number of hydrogen-bond acceptors (Lipinski definition) is 4. The Morgan fingerprint density at radius 1 is 0.800 bits per heavy atom. The predicted molar refractivity (Wildman–Crippen MR) is 142 cm³/mol. The highest BCUT2D eigenvalue weighted by molar-refractivity contribution is 7.80. The Bertz CT molecular complexity index is 1360. The zero-order valence-electron chi connectivity index (χ0n) is 18.7. The van der Waals surface area contributed by atoms with E-state index in [1.165, 1.54) is 6.08 Å². The molecule has 3 N–H and O–H groups in total. The highest BCUT2D eigenvalue weighted by Crippen LogP contribution is 2.19. The lowest BCUT2D eigenvalue weighted by atomic mass is 10.0. The van der Waals surface area contributed by atoms with E-state index in [4.69, 9.17) is 17.0 Å². The molecule has 2 amide bonds. The van der Waals surface area contributed by atoms with E-state index in [-0.39, 0.29) is 5.11 Å². The topological polar surface area (TPSA) is 79.5 Å². The first kappa shape index (κ1) is 23.7. The molecule has 35 heavy (non-hydrogen) atoms. The number of hydrazine groups is 1. The van der Waals surface area contributed by atoms with Gasteiger partial charge in [-0.3, -0.25) is 25.8 Å². The van der Waals surface area contributed by atoms with Gasteiger partial charge in [0.1, 0.15) is 12.4 Å². The Balaban J connectivity index is 1.24. The minimum Gasteiger partial charge on any atom is -0.489 e. The van der Waals surface area contributed by atoms with Crippen molar-refractivity contribution in [3.05, 3.63) is 120 Å². The molecule has 0 aromatic heterocycles. The Hall–Kier alpha value is -4.49. The molecule has 7 heteroatoms. The normalized spacial score (nSPS) is 10.6. The van der Waals surface area contributed by atoms with Gasteiger partial charge in [-0.15, -0.1) is 0 Å². The first-order valence-electron chi connectivity index (χ1n) is 10.9. The van der Waals surface area contributed by atoms with Crippen molar-refractivity contribution in [1.82, 2.24) is 16.2 Å².